The topological polar surface area (TPSA) is 50.4 Å². The van der Waals surface area contributed by atoms with Crippen LogP contribution in [0.3, 0.4) is 0 Å². The summed E-state index contributed by atoms with van der Waals surface area (Å²) in [6.45, 7) is 6.39. The van der Waals surface area contributed by atoms with Crippen LogP contribution in [-0.4, -0.2) is 11.7 Å². The first-order valence-electron chi connectivity index (χ1n) is 13.5. The number of hydrogen-bond acceptors (Lipinski definition) is 5. The van der Waals surface area contributed by atoms with Crippen molar-refractivity contribution in [2.75, 3.05) is 11.4 Å². The van der Waals surface area contributed by atoms with Crippen molar-refractivity contribution in [3.63, 3.8) is 0 Å². The molecular weight excluding hydrogens is 733 g/mol. The van der Waals surface area contributed by atoms with E-state index in [4.69, 9.17) is 74.7 Å². The fraction of sp³-hybridized carbons (Fsp3) is 0.121. The van der Waals surface area contributed by atoms with Gasteiger partial charge in [-0.2, -0.15) is 4.57 Å². The molecule has 0 fully saturated rings. The van der Waals surface area contributed by atoms with E-state index in [-0.39, 0.29) is 26.6 Å². The minimum Gasteiger partial charge on any atom is -0.871 e. The van der Waals surface area contributed by atoms with Crippen molar-refractivity contribution in [3.8, 4) is 11.5 Å². The highest BCUT2D eigenvalue weighted by molar-refractivity contribution is 8.03. The lowest BCUT2D eigenvalue weighted by atomic mass is 10.3. The Morgan fingerprint density at radius 1 is 0.800 bits per heavy atom. The number of aromatic nitrogens is 1. The van der Waals surface area contributed by atoms with Crippen LogP contribution in [0.4, 0.5) is 5.69 Å². The summed E-state index contributed by atoms with van der Waals surface area (Å²) >= 11 is 36.7. The van der Waals surface area contributed by atoms with E-state index in [1.54, 1.807) is 0 Å². The summed E-state index contributed by atoms with van der Waals surface area (Å²) in [6, 6.07) is 22.5. The molecule has 6 rings (SSSR count). The van der Waals surface area contributed by atoms with E-state index in [2.05, 4.69) is 90.1 Å². The second kappa shape index (κ2) is 16.5. The first-order chi connectivity index (χ1) is 21.5. The van der Waals surface area contributed by atoms with Gasteiger partial charge in [0.25, 0.3) is 5.01 Å². The molecule has 0 aliphatic carbocycles. The van der Waals surface area contributed by atoms with Crippen molar-refractivity contribution in [2.45, 2.75) is 25.3 Å². The van der Waals surface area contributed by atoms with E-state index in [0.29, 0.717) is 15.1 Å². The standard InChI is InChI=1S/C21H21N2S2.2C6H3Cl3O/c1-3-22-16-10-5-7-12-18(16)24-20(22)14-9-15-21-23(4-2)17-11-6-8-13-19(17)25-21;2*7-3-1-5(9)6(10)2-4(3)8/h5-15H,3-4H2,1-2H3;2*1-2,10H/q+1;;/p-1. The Bertz CT molecular complexity index is 1720. The fourth-order valence-electron chi connectivity index (χ4n) is 4.24. The van der Waals surface area contributed by atoms with Gasteiger partial charge in [-0.15, -0.1) is 0 Å². The molecule has 5 aromatic rings. The maximum atomic E-state index is 10.7. The molecule has 0 amide bonds. The van der Waals surface area contributed by atoms with Gasteiger partial charge >= 0.3 is 0 Å². The quantitative estimate of drug-likeness (QED) is 0.146. The number of phenolic OH excluding ortho intramolecular Hbond substituents is 1. The lowest BCUT2D eigenvalue weighted by Crippen LogP contribution is -2.33. The zero-order valence-corrected chi connectivity index (χ0v) is 30.1. The van der Waals surface area contributed by atoms with Crippen molar-refractivity contribution >= 4 is 115 Å². The summed E-state index contributed by atoms with van der Waals surface area (Å²) in [6.07, 6.45) is 6.66. The number of thioether (sulfide) groups is 1. The number of nitrogens with zero attached hydrogens (tertiary/aromatic N) is 2. The molecule has 0 atom stereocenters. The number of rotatable bonds is 4. The molecule has 0 radical (unpaired) electrons. The molecule has 4 nitrogen and oxygen atoms in total. The normalized spacial score (nSPS) is 13.1. The third kappa shape index (κ3) is 8.97. The molecule has 45 heavy (non-hydrogen) atoms. The third-order valence-electron chi connectivity index (χ3n) is 6.35. The highest BCUT2D eigenvalue weighted by Gasteiger charge is 2.22. The van der Waals surface area contributed by atoms with Crippen molar-refractivity contribution in [2.24, 2.45) is 0 Å². The molecule has 0 saturated heterocycles. The highest BCUT2D eigenvalue weighted by atomic mass is 35.5. The maximum absolute atomic E-state index is 10.7. The van der Waals surface area contributed by atoms with Crippen molar-refractivity contribution in [1.82, 2.24) is 0 Å². The molecule has 0 spiro atoms. The van der Waals surface area contributed by atoms with E-state index in [9.17, 15) is 5.11 Å². The van der Waals surface area contributed by atoms with Gasteiger partial charge in [0, 0.05) is 34.7 Å². The zero-order chi connectivity index (χ0) is 32.7. The molecule has 0 unspecified atom stereocenters. The number of aromatic hydroxyl groups is 1. The van der Waals surface area contributed by atoms with Gasteiger partial charge in [-0.3, -0.25) is 0 Å². The van der Waals surface area contributed by atoms with Gasteiger partial charge in [-0.25, -0.2) is 0 Å². The minimum atomic E-state index is -0.309. The second-order valence-electron chi connectivity index (χ2n) is 9.24. The van der Waals surface area contributed by atoms with Gasteiger partial charge in [-0.05, 0) is 56.3 Å². The summed E-state index contributed by atoms with van der Waals surface area (Å²) in [4.78, 5) is 3.72. The maximum Gasteiger partial charge on any atom is 0.262 e. The number of fused-ring (bicyclic) bond motifs is 2. The van der Waals surface area contributed by atoms with Gasteiger partial charge in [0.2, 0.25) is 5.52 Å². The van der Waals surface area contributed by atoms with Crippen LogP contribution in [-0.2, 0) is 6.54 Å². The van der Waals surface area contributed by atoms with Gasteiger partial charge < -0.3 is 15.1 Å². The average molecular weight is 759 g/mol. The lowest BCUT2D eigenvalue weighted by molar-refractivity contribution is -0.665. The van der Waals surface area contributed by atoms with Crippen LogP contribution in [0.25, 0.3) is 16.3 Å². The summed E-state index contributed by atoms with van der Waals surface area (Å²) in [5, 5.41) is 23.7. The molecule has 1 aliphatic heterocycles. The monoisotopic (exact) mass is 756 g/mol. The molecule has 2 heterocycles. The van der Waals surface area contributed by atoms with E-state index < -0.39 is 0 Å². The van der Waals surface area contributed by atoms with Gasteiger partial charge in [0.15, 0.2) is 0 Å². The lowest BCUT2D eigenvalue weighted by Gasteiger charge is -2.17. The minimum absolute atomic E-state index is 0.0592. The number of anilines is 1. The number of phenols is 1. The van der Waals surface area contributed by atoms with Gasteiger partial charge in [0.05, 0.1) is 35.8 Å². The number of allylic oxidation sites excluding steroid dienone is 2. The van der Waals surface area contributed by atoms with Gasteiger partial charge in [0.1, 0.15) is 17.0 Å². The van der Waals surface area contributed by atoms with Crippen molar-refractivity contribution in [3.05, 3.63) is 125 Å². The molecule has 1 N–H and O–H groups in total. The number of para-hydroxylation sites is 2. The van der Waals surface area contributed by atoms with Crippen LogP contribution in [0.1, 0.15) is 18.9 Å². The Kier molecular flexibility index (Phi) is 13.1. The van der Waals surface area contributed by atoms with Crippen LogP contribution in [0.5, 0.6) is 11.5 Å². The van der Waals surface area contributed by atoms with Crippen LogP contribution in [0.2, 0.25) is 30.1 Å². The molecule has 1 aliphatic rings. The highest BCUT2D eigenvalue weighted by Crippen LogP contribution is 2.45. The van der Waals surface area contributed by atoms with E-state index in [0.717, 1.165) is 13.1 Å². The Hall–Kier alpha value is -2.26. The number of halogens is 6. The van der Waals surface area contributed by atoms with Gasteiger partial charge in [-0.1, -0.05) is 129 Å². The van der Waals surface area contributed by atoms with Crippen LogP contribution < -0.4 is 14.6 Å². The first kappa shape index (κ1) is 35.6. The summed E-state index contributed by atoms with van der Waals surface area (Å²) in [5.74, 6) is -0.368. The largest absolute Gasteiger partial charge is 0.871 e. The SMILES string of the molecule is CCN1/C(=C/C=C/c2sc3ccccc3[n+]2CC)Sc2ccccc21.Oc1cc(Cl)c(Cl)cc1Cl.[O-]c1cc(Cl)c(Cl)cc1Cl. The summed E-state index contributed by atoms with van der Waals surface area (Å²) in [5.41, 5.74) is 2.64. The first-order valence-corrected chi connectivity index (χ1v) is 17.4. The Balaban J connectivity index is 0.000000189. The molecule has 234 valence electrons. The zero-order valence-electron chi connectivity index (χ0n) is 23.9. The number of thiazole rings is 1. The van der Waals surface area contributed by atoms with Crippen LogP contribution in [0, 0.1) is 0 Å². The molecule has 0 bridgehead atoms. The van der Waals surface area contributed by atoms with Crippen LogP contribution in [0.15, 0.2) is 94.9 Å². The van der Waals surface area contributed by atoms with E-state index >= 15 is 0 Å². The number of aryl methyl sites for hydroxylation is 1. The fourth-order valence-corrected chi connectivity index (χ4v) is 7.59. The van der Waals surface area contributed by atoms with Crippen molar-refractivity contribution in [1.29, 1.82) is 0 Å². The van der Waals surface area contributed by atoms with E-state index in [1.807, 2.05) is 23.1 Å². The Morgan fingerprint density at radius 3 is 2.09 bits per heavy atom. The number of benzene rings is 4. The number of hydrogen-bond donors (Lipinski definition) is 1. The Labute approximate surface area is 300 Å². The summed E-state index contributed by atoms with van der Waals surface area (Å²) < 4.78 is 3.72. The average Bonchev–Trinajstić information content (AvgIpc) is 3.57. The molecule has 12 heteroatoms. The predicted molar refractivity (Wildman–Crippen MR) is 194 cm³/mol. The van der Waals surface area contributed by atoms with E-state index in [1.165, 1.54) is 55.1 Å². The molecular formula is C33H26Cl6N2O2S2. The van der Waals surface area contributed by atoms with Crippen molar-refractivity contribution < 1.29 is 14.8 Å². The molecule has 0 saturated carbocycles. The predicted octanol–water partition coefficient (Wildman–Crippen LogP) is 11.8. The second-order valence-corrected chi connectivity index (χ2v) is 13.8. The Morgan fingerprint density at radius 2 is 1.42 bits per heavy atom. The summed E-state index contributed by atoms with van der Waals surface area (Å²) in [7, 11) is 0. The molecule has 1 aromatic heterocycles. The van der Waals surface area contributed by atoms with Crippen LogP contribution >= 0.6 is 92.7 Å². The smallest absolute Gasteiger partial charge is 0.262 e. The third-order valence-corrected chi connectivity index (χ3v) is 10.7. The molecule has 4 aromatic carbocycles.